The lowest BCUT2D eigenvalue weighted by Crippen LogP contribution is -2.04. The monoisotopic (exact) mass is 271 g/mol. The van der Waals surface area contributed by atoms with Gasteiger partial charge in [-0.3, -0.25) is 0 Å². The molecule has 0 saturated heterocycles. The largest absolute Gasteiger partial charge is 0.493 e. The van der Waals surface area contributed by atoms with Crippen LogP contribution in [-0.2, 0) is 13.2 Å². The molecule has 106 valence electrons. The maximum Gasteiger partial charge on any atom is 0.166 e. The van der Waals surface area contributed by atoms with E-state index in [0.717, 1.165) is 22.6 Å². The average Bonchev–Trinajstić information content (AvgIpc) is 2.48. The normalized spacial score (nSPS) is 10.4. The number of aryl methyl sites for hydroxylation is 2. The highest BCUT2D eigenvalue weighted by Crippen LogP contribution is 2.31. The Morgan fingerprint density at radius 2 is 1.85 bits per heavy atom. The number of methoxy groups -OCH3 is 1. The third kappa shape index (κ3) is 3.11. The first kappa shape index (κ1) is 14.4. The minimum absolute atomic E-state index is 0.430. The van der Waals surface area contributed by atoms with Gasteiger partial charge in [0.25, 0.3) is 0 Å². The number of para-hydroxylation sites is 1. The Morgan fingerprint density at radius 3 is 2.50 bits per heavy atom. The SMILES string of the molecule is COc1cccc(CN)c1OCc1ccc(C)c(C)c1. The molecule has 0 bridgehead atoms. The van der Waals surface area contributed by atoms with E-state index in [-0.39, 0.29) is 0 Å². The standard InChI is InChI=1S/C17H21NO2/c1-12-7-8-14(9-13(12)2)11-20-17-15(10-18)5-4-6-16(17)19-3/h4-9H,10-11,18H2,1-3H3. The summed E-state index contributed by atoms with van der Waals surface area (Å²) < 4.78 is 11.3. The number of hydrogen-bond donors (Lipinski definition) is 1. The van der Waals surface area contributed by atoms with E-state index in [2.05, 4.69) is 32.0 Å². The van der Waals surface area contributed by atoms with Crippen molar-refractivity contribution in [2.45, 2.75) is 27.0 Å². The molecule has 0 amide bonds. The summed E-state index contributed by atoms with van der Waals surface area (Å²) in [5.41, 5.74) is 10.4. The molecule has 2 aromatic carbocycles. The van der Waals surface area contributed by atoms with Crippen molar-refractivity contribution >= 4 is 0 Å². The third-order valence-corrected chi connectivity index (χ3v) is 3.45. The third-order valence-electron chi connectivity index (χ3n) is 3.45. The van der Waals surface area contributed by atoms with Gasteiger partial charge < -0.3 is 15.2 Å². The quantitative estimate of drug-likeness (QED) is 0.907. The Labute approximate surface area is 120 Å². The van der Waals surface area contributed by atoms with Gasteiger partial charge in [0, 0.05) is 12.1 Å². The number of hydrogen-bond acceptors (Lipinski definition) is 3. The van der Waals surface area contributed by atoms with Gasteiger partial charge in [-0.15, -0.1) is 0 Å². The molecule has 0 aliphatic carbocycles. The van der Waals surface area contributed by atoms with E-state index in [1.54, 1.807) is 7.11 Å². The Morgan fingerprint density at radius 1 is 1.05 bits per heavy atom. The van der Waals surface area contributed by atoms with Crippen molar-refractivity contribution < 1.29 is 9.47 Å². The van der Waals surface area contributed by atoms with Crippen LogP contribution in [0.5, 0.6) is 11.5 Å². The molecule has 0 atom stereocenters. The maximum absolute atomic E-state index is 5.93. The zero-order valence-electron chi connectivity index (χ0n) is 12.3. The summed E-state index contributed by atoms with van der Waals surface area (Å²) in [6.07, 6.45) is 0. The topological polar surface area (TPSA) is 44.5 Å². The molecule has 0 aliphatic rings. The summed E-state index contributed by atoms with van der Waals surface area (Å²) in [4.78, 5) is 0. The van der Waals surface area contributed by atoms with Crippen LogP contribution in [0.15, 0.2) is 36.4 Å². The van der Waals surface area contributed by atoms with Crippen molar-refractivity contribution in [3.8, 4) is 11.5 Å². The second kappa shape index (κ2) is 6.44. The van der Waals surface area contributed by atoms with Gasteiger partial charge in [0.05, 0.1) is 7.11 Å². The van der Waals surface area contributed by atoms with Crippen LogP contribution in [0.3, 0.4) is 0 Å². The molecule has 0 radical (unpaired) electrons. The van der Waals surface area contributed by atoms with Crippen LogP contribution >= 0.6 is 0 Å². The van der Waals surface area contributed by atoms with Crippen LogP contribution in [0, 0.1) is 13.8 Å². The number of rotatable bonds is 5. The zero-order valence-corrected chi connectivity index (χ0v) is 12.3. The first-order valence-corrected chi connectivity index (χ1v) is 6.70. The van der Waals surface area contributed by atoms with Crippen molar-refractivity contribution in [2.24, 2.45) is 5.73 Å². The molecule has 2 N–H and O–H groups in total. The molecule has 0 heterocycles. The van der Waals surface area contributed by atoms with E-state index < -0.39 is 0 Å². The molecule has 0 aromatic heterocycles. The summed E-state index contributed by atoms with van der Waals surface area (Å²) in [5.74, 6) is 1.45. The lowest BCUT2D eigenvalue weighted by Gasteiger charge is -2.14. The predicted octanol–water partition coefficient (Wildman–Crippen LogP) is 3.35. The van der Waals surface area contributed by atoms with Crippen molar-refractivity contribution in [2.75, 3.05) is 7.11 Å². The Balaban J connectivity index is 2.19. The van der Waals surface area contributed by atoms with E-state index >= 15 is 0 Å². The molecular weight excluding hydrogens is 250 g/mol. The second-order valence-electron chi connectivity index (χ2n) is 4.86. The fourth-order valence-electron chi connectivity index (χ4n) is 2.10. The van der Waals surface area contributed by atoms with Crippen molar-refractivity contribution in [1.29, 1.82) is 0 Å². The van der Waals surface area contributed by atoms with Gasteiger partial charge >= 0.3 is 0 Å². The van der Waals surface area contributed by atoms with Gasteiger partial charge in [-0.25, -0.2) is 0 Å². The summed E-state index contributed by atoms with van der Waals surface area (Å²) in [7, 11) is 1.64. The molecular formula is C17H21NO2. The molecule has 0 unspecified atom stereocenters. The Hall–Kier alpha value is -2.00. The smallest absolute Gasteiger partial charge is 0.166 e. The maximum atomic E-state index is 5.93. The minimum atomic E-state index is 0.430. The molecule has 20 heavy (non-hydrogen) atoms. The Bertz CT molecular complexity index is 571. The van der Waals surface area contributed by atoms with Gasteiger partial charge in [0.1, 0.15) is 6.61 Å². The van der Waals surface area contributed by atoms with Crippen LogP contribution < -0.4 is 15.2 Å². The molecule has 3 nitrogen and oxygen atoms in total. The van der Waals surface area contributed by atoms with Gasteiger partial charge in [0.2, 0.25) is 0 Å². The van der Waals surface area contributed by atoms with Crippen molar-refractivity contribution in [1.82, 2.24) is 0 Å². The number of nitrogens with two attached hydrogens (primary N) is 1. The van der Waals surface area contributed by atoms with Crippen LogP contribution in [0.1, 0.15) is 22.3 Å². The zero-order chi connectivity index (χ0) is 14.5. The van der Waals surface area contributed by atoms with E-state index in [4.69, 9.17) is 15.2 Å². The lowest BCUT2D eigenvalue weighted by molar-refractivity contribution is 0.281. The molecule has 0 saturated carbocycles. The van der Waals surface area contributed by atoms with Crippen molar-refractivity contribution in [3.63, 3.8) is 0 Å². The fraction of sp³-hybridized carbons (Fsp3) is 0.294. The molecule has 2 rings (SSSR count). The lowest BCUT2D eigenvalue weighted by atomic mass is 10.1. The highest BCUT2D eigenvalue weighted by atomic mass is 16.5. The fourth-order valence-corrected chi connectivity index (χ4v) is 2.10. The van der Waals surface area contributed by atoms with Gasteiger partial charge in [0.15, 0.2) is 11.5 Å². The van der Waals surface area contributed by atoms with Crippen LogP contribution in [0.4, 0.5) is 0 Å². The summed E-state index contributed by atoms with van der Waals surface area (Å²) in [5, 5.41) is 0. The summed E-state index contributed by atoms with van der Waals surface area (Å²) >= 11 is 0. The number of benzene rings is 2. The number of ether oxygens (including phenoxy) is 2. The molecule has 2 aromatic rings. The van der Waals surface area contributed by atoms with E-state index in [1.165, 1.54) is 11.1 Å². The minimum Gasteiger partial charge on any atom is -0.493 e. The molecule has 0 fully saturated rings. The van der Waals surface area contributed by atoms with E-state index in [9.17, 15) is 0 Å². The van der Waals surface area contributed by atoms with Gasteiger partial charge in [-0.1, -0.05) is 30.3 Å². The van der Waals surface area contributed by atoms with Crippen LogP contribution in [-0.4, -0.2) is 7.11 Å². The predicted molar refractivity (Wildman–Crippen MR) is 81.1 cm³/mol. The first-order chi connectivity index (χ1) is 9.65. The van der Waals surface area contributed by atoms with E-state index in [1.807, 2.05) is 18.2 Å². The van der Waals surface area contributed by atoms with Gasteiger partial charge in [-0.05, 0) is 36.6 Å². The first-order valence-electron chi connectivity index (χ1n) is 6.70. The molecule has 3 heteroatoms. The van der Waals surface area contributed by atoms with Crippen molar-refractivity contribution in [3.05, 3.63) is 58.7 Å². The summed E-state index contributed by atoms with van der Waals surface area (Å²) in [6.45, 7) is 5.15. The van der Waals surface area contributed by atoms with E-state index in [0.29, 0.717) is 13.2 Å². The molecule has 0 spiro atoms. The Kier molecular flexibility index (Phi) is 4.64. The van der Waals surface area contributed by atoms with Crippen LogP contribution in [0.25, 0.3) is 0 Å². The highest BCUT2D eigenvalue weighted by molar-refractivity contribution is 5.46. The van der Waals surface area contributed by atoms with Crippen LogP contribution in [0.2, 0.25) is 0 Å². The van der Waals surface area contributed by atoms with Gasteiger partial charge in [-0.2, -0.15) is 0 Å². The molecule has 0 aliphatic heterocycles. The average molecular weight is 271 g/mol. The summed E-state index contributed by atoms with van der Waals surface area (Å²) in [6, 6.07) is 12.1. The second-order valence-corrected chi connectivity index (χ2v) is 4.86. The highest BCUT2D eigenvalue weighted by Gasteiger charge is 2.09.